The molecule has 40 heavy (non-hydrogen) atoms. The van der Waals surface area contributed by atoms with Crippen molar-refractivity contribution in [3.8, 4) is 5.75 Å². The fourth-order valence-electron chi connectivity index (χ4n) is 4.20. The first-order valence-electron chi connectivity index (χ1n) is 12.3. The molecule has 0 atom stereocenters. The summed E-state index contributed by atoms with van der Waals surface area (Å²) < 4.78 is 37.5. The van der Waals surface area contributed by atoms with Crippen LogP contribution >= 0.6 is 0 Å². The first kappa shape index (κ1) is 27.0. The van der Waals surface area contributed by atoms with Crippen molar-refractivity contribution in [1.82, 2.24) is 15.1 Å². The average molecular weight is 559 g/mol. The predicted molar refractivity (Wildman–Crippen MR) is 148 cm³/mol. The topological polar surface area (TPSA) is 145 Å². The molecule has 0 radical (unpaired) electrons. The molecule has 0 saturated heterocycles. The fourth-order valence-corrected chi connectivity index (χ4v) is 5.55. The molecule has 10 nitrogen and oxygen atoms in total. The maximum Gasteiger partial charge on any atom is 0.189 e. The number of carbonyl (C=O) groups is 1. The summed E-state index contributed by atoms with van der Waals surface area (Å²) in [5, 5.41) is 16.5. The Morgan fingerprint density at radius 2 is 1.75 bits per heavy atom. The molecule has 2 N–H and O–H groups in total. The number of benzene rings is 3. The highest BCUT2D eigenvalue weighted by Gasteiger charge is 2.22. The van der Waals surface area contributed by atoms with Crippen molar-refractivity contribution in [2.75, 3.05) is 12.4 Å². The number of anilines is 2. The molecule has 3 aromatic carbocycles. The first-order valence-corrected chi connectivity index (χ1v) is 14.0. The monoisotopic (exact) mass is 558 g/mol. The number of carbonyl (C=O) groups excluding carboxylic acids is 1. The quantitative estimate of drug-likeness (QED) is 0.234. The number of aromatic nitrogens is 3. The van der Waals surface area contributed by atoms with Gasteiger partial charge in [-0.3, -0.25) is 4.79 Å². The van der Waals surface area contributed by atoms with Crippen LogP contribution < -0.4 is 10.1 Å². The summed E-state index contributed by atoms with van der Waals surface area (Å²) in [6.45, 7) is 1.49. The molecule has 2 heterocycles. The minimum atomic E-state index is -3.89. The summed E-state index contributed by atoms with van der Waals surface area (Å²) >= 11 is 0. The molecule has 0 unspecified atom stereocenters. The molecular weight excluding hydrogens is 532 g/mol. The van der Waals surface area contributed by atoms with Gasteiger partial charge in [-0.25, -0.2) is 18.4 Å². The molecule has 0 aliphatic rings. The van der Waals surface area contributed by atoms with E-state index in [4.69, 9.17) is 9.26 Å². The molecule has 0 fully saturated rings. The second kappa shape index (κ2) is 11.2. The van der Waals surface area contributed by atoms with Crippen LogP contribution in [0, 0.1) is 6.92 Å². The van der Waals surface area contributed by atoms with Gasteiger partial charge in [-0.2, -0.15) is 0 Å². The first-order chi connectivity index (χ1) is 19.2. The number of nitrogens with one attached hydrogen (secondary N) is 1. The number of ketones is 1. The number of methoxy groups -OCH3 is 1. The number of hydrogen-bond donors (Lipinski definition) is 2. The van der Waals surface area contributed by atoms with Crippen molar-refractivity contribution in [2.45, 2.75) is 30.6 Å². The Balaban J connectivity index is 1.47. The molecule has 0 amide bonds. The van der Waals surface area contributed by atoms with Crippen molar-refractivity contribution >= 4 is 38.2 Å². The van der Waals surface area contributed by atoms with Crippen molar-refractivity contribution in [3.63, 3.8) is 0 Å². The van der Waals surface area contributed by atoms with Crippen LogP contribution in [0.3, 0.4) is 0 Å². The van der Waals surface area contributed by atoms with Crippen LogP contribution in [0.25, 0.3) is 11.0 Å². The van der Waals surface area contributed by atoms with E-state index in [2.05, 4.69) is 20.4 Å². The number of aliphatic hydroxyl groups excluding tert-OH is 1. The van der Waals surface area contributed by atoms with Crippen molar-refractivity contribution in [2.24, 2.45) is 0 Å². The predicted octanol–water partition coefficient (Wildman–Crippen LogP) is 4.57. The molecule has 5 rings (SSSR count). The van der Waals surface area contributed by atoms with Gasteiger partial charge >= 0.3 is 0 Å². The van der Waals surface area contributed by atoms with Crippen LogP contribution in [0.1, 0.15) is 33.1 Å². The van der Waals surface area contributed by atoms with Gasteiger partial charge in [-0.15, -0.1) is 0 Å². The van der Waals surface area contributed by atoms with E-state index >= 15 is 0 Å². The molecular formula is C29H26N4O6S. The van der Waals surface area contributed by atoms with Gasteiger partial charge in [-0.1, -0.05) is 29.4 Å². The number of Topliss-reactive ketones (excluding diaryl/α,β-unsaturated/α-hetero) is 1. The van der Waals surface area contributed by atoms with Gasteiger partial charge in [-0.05, 0) is 54.4 Å². The lowest BCUT2D eigenvalue weighted by molar-refractivity contribution is 0.0984. The minimum Gasteiger partial charge on any atom is -0.497 e. The SMILES string of the molecule is COc1cc(CO)cc(Nc2nc3ccccc3nc2CS(=O)(=O)c2cccc(CC(=O)c3cc(C)on3)c2)c1. The fraction of sp³-hybridized carbons (Fsp3) is 0.172. The number of nitrogens with zero attached hydrogens (tertiary/aromatic N) is 3. The van der Waals surface area contributed by atoms with Gasteiger partial charge in [0.05, 0.1) is 35.3 Å². The van der Waals surface area contributed by atoms with E-state index in [-0.39, 0.29) is 40.9 Å². The maximum atomic E-state index is 13.6. The van der Waals surface area contributed by atoms with E-state index in [0.29, 0.717) is 39.4 Å². The summed E-state index contributed by atoms with van der Waals surface area (Å²) in [5.74, 6) is 0.571. The average Bonchev–Trinajstić information content (AvgIpc) is 3.39. The van der Waals surface area contributed by atoms with E-state index < -0.39 is 15.6 Å². The Hall–Kier alpha value is -4.61. The molecule has 0 saturated carbocycles. The molecule has 0 spiro atoms. The third-order valence-electron chi connectivity index (χ3n) is 6.15. The molecule has 0 aliphatic carbocycles. The van der Waals surface area contributed by atoms with Gasteiger partial charge in [0, 0.05) is 24.2 Å². The minimum absolute atomic E-state index is 0.0268. The van der Waals surface area contributed by atoms with Gasteiger partial charge in [0.15, 0.2) is 21.4 Å². The Morgan fingerprint density at radius 3 is 2.45 bits per heavy atom. The molecule has 11 heteroatoms. The molecule has 204 valence electrons. The van der Waals surface area contributed by atoms with Crippen LogP contribution in [-0.4, -0.2) is 41.5 Å². The number of aryl methyl sites for hydroxylation is 1. The number of rotatable bonds is 10. The van der Waals surface area contributed by atoms with Crippen LogP contribution in [0.15, 0.2) is 82.2 Å². The van der Waals surface area contributed by atoms with E-state index in [1.165, 1.54) is 19.2 Å². The summed E-state index contributed by atoms with van der Waals surface area (Å²) in [5.41, 5.74) is 3.22. The summed E-state index contributed by atoms with van der Waals surface area (Å²) in [6.07, 6.45) is -0.0268. The lowest BCUT2D eigenvalue weighted by atomic mass is 10.1. The van der Waals surface area contributed by atoms with Crippen molar-refractivity contribution < 1.29 is 27.6 Å². The highest BCUT2D eigenvalue weighted by atomic mass is 32.2. The van der Waals surface area contributed by atoms with E-state index in [0.717, 1.165) is 0 Å². The maximum absolute atomic E-state index is 13.6. The zero-order valence-corrected chi connectivity index (χ0v) is 22.6. The number of ether oxygens (including phenoxy) is 1. The second-order valence-electron chi connectivity index (χ2n) is 9.19. The lowest BCUT2D eigenvalue weighted by Gasteiger charge is -2.14. The number of hydrogen-bond acceptors (Lipinski definition) is 10. The molecule has 2 aromatic heterocycles. The van der Waals surface area contributed by atoms with Crippen molar-refractivity contribution in [3.05, 3.63) is 101 Å². The number of para-hydroxylation sites is 2. The third-order valence-corrected chi connectivity index (χ3v) is 7.78. The largest absolute Gasteiger partial charge is 0.497 e. The van der Waals surface area contributed by atoms with E-state index in [1.54, 1.807) is 61.5 Å². The van der Waals surface area contributed by atoms with Crippen LogP contribution in [0.4, 0.5) is 11.5 Å². The Morgan fingerprint density at radius 1 is 0.975 bits per heavy atom. The molecule has 0 bridgehead atoms. The Bertz CT molecular complexity index is 1790. The van der Waals surface area contributed by atoms with Crippen LogP contribution in [-0.2, 0) is 28.6 Å². The standard InChI is InChI=1S/C29H26N4O6S/c1-18-10-26(33-39-18)28(35)14-19-6-5-7-23(13-19)40(36,37)17-27-29(32-25-9-4-3-8-24(25)31-27)30-21-11-20(16-34)12-22(15-21)38-2/h3-13,15,34H,14,16-17H2,1-2H3,(H,30,32). The summed E-state index contributed by atoms with van der Waals surface area (Å²) in [6, 6.07) is 20.1. The Labute approximate surface area is 230 Å². The normalized spacial score (nSPS) is 11.5. The Kier molecular flexibility index (Phi) is 7.58. The van der Waals surface area contributed by atoms with E-state index in [1.807, 2.05) is 6.07 Å². The van der Waals surface area contributed by atoms with Gasteiger partial charge in [0.1, 0.15) is 23.0 Å². The van der Waals surface area contributed by atoms with Gasteiger partial charge in [0.2, 0.25) is 0 Å². The molecule has 0 aliphatic heterocycles. The zero-order valence-electron chi connectivity index (χ0n) is 21.8. The number of aliphatic hydroxyl groups is 1. The lowest BCUT2D eigenvalue weighted by Crippen LogP contribution is -2.11. The van der Waals surface area contributed by atoms with Crippen LogP contribution in [0.2, 0.25) is 0 Å². The number of fused-ring (bicyclic) bond motifs is 1. The number of sulfone groups is 1. The van der Waals surface area contributed by atoms with Crippen LogP contribution in [0.5, 0.6) is 5.75 Å². The highest BCUT2D eigenvalue weighted by molar-refractivity contribution is 7.90. The molecule has 5 aromatic rings. The summed E-state index contributed by atoms with van der Waals surface area (Å²) in [4.78, 5) is 21.9. The highest BCUT2D eigenvalue weighted by Crippen LogP contribution is 2.28. The van der Waals surface area contributed by atoms with Gasteiger partial charge < -0.3 is 19.7 Å². The second-order valence-corrected chi connectivity index (χ2v) is 11.2. The van der Waals surface area contributed by atoms with Gasteiger partial charge in [0.25, 0.3) is 0 Å². The smallest absolute Gasteiger partial charge is 0.189 e. The van der Waals surface area contributed by atoms with E-state index in [9.17, 15) is 18.3 Å². The summed E-state index contributed by atoms with van der Waals surface area (Å²) in [7, 11) is -2.38. The van der Waals surface area contributed by atoms with Crippen molar-refractivity contribution in [1.29, 1.82) is 0 Å². The zero-order chi connectivity index (χ0) is 28.3. The third kappa shape index (κ3) is 6.00.